The molecule has 0 bridgehead atoms. The van der Waals surface area contributed by atoms with E-state index < -0.39 is 0 Å². The van der Waals surface area contributed by atoms with Gasteiger partial charge in [0.05, 0.1) is 4.92 Å². The lowest BCUT2D eigenvalue weighted by atomic mass is 9.99. The maximum Gasteiger partial charge on any atom is 0.272 e. The van der Waals surface area contributed by atoms with Gasteiger partial charge in [0.2, 0.25) is 0 Å². The van der Waals surface area contributed by atoms with Crippen molar-refractivity contribution in [1.82, 2.24) is 10.2 Å². The molecule has 1 saturated heterocycles. The SMILES string of the molecule is CC[C@@H](c1ccc(C)c([N+](=O)[O-])c1)N1CCNCC1.Cl.Cl. The zero-order valence-electron chi connectivity index (χ0n) is 12.4. The van der Waals surface area contributed by atoms with E-state index >= 15 is 0 Å². The fraction of sp³-hybridized carbons (Fsp3) is 0.571. The number of nitro benzene ring substituents is 1. The predicted octanol–water partition coefficient (Wildman–Crippen LogP) is 3.10. The molecular weight excluding hydrogens is 313 g/mol. The first-order valence-electron chi connectivity index (χ1n) is 6.83. The molecule has 7 heteroatoms. The van der Waals surface area contributed by atoms with Crippen molar-refractivity contribution < 1.29 is 4.92 Å². The van der Waals surface area contributed by atoms with Gasteiger partial charge in [-0.3, -0.25) is 15.0 Å². The molecule has 0 unspecified atom stereocenters. The Morgan fingerprint density at radius 1 is 1.33 bits per heavy atom. The van der Waals surface area contributed by atoms with Crippen molar-refractivity contribution in [3.05, 3.63) is 39.4 Å². The number of hydrogen-bond donors (Lipinski definition) is 1. The first kappa shape index (κ1) is 20.1. The van der Waals surface area contributed by atoms with E-state index in [2.05, 4.69) is 17.1 Å². The highest BCUT2D eigenvalue weighted by atomic mass is 35.5. The first-order valence-corrected chi connectivity index (χ1v) is 6.83. The highest BCUT2D eigenvalue weighted by molar-refractivity contribution is 5.85. The van der Waals surface area contributed by atoms with Crippen LogP contribution < -0.4 is 5.32 Å². The van der Waals surface area contributed by atoms with Crippen LogP contribution in [0.5, 0.6) is 0 Å². The molecule has 120 valence electrons. The summed E-state index contributed by atoms with van der Waals surface area (Å²) >= 11 is 0. The van der Waals surface area contributed by atoms with Gasteiger partial charge in [-0.25, -0.2) is 0 Å². The van der Waals surface area contributed by atoms with Gasteiger partial charge in [-0.15, -0.1) is 24.8 Å². The summed E-state index contributed by atoms with van der Waals surface area (Å²) in [7, 11) is 0. The van der Waals surface area contributed by atoms with Crippen LogP contribution in [0.1, 0.15) is 30.5 Å². The Hall–Kier alpha value is -0.880. The van der Waals surface area contributed by atoms with E-state index in [1.165, 1.54) is 0 Å². The fourth-order valence-electron chi connectivity index (χ4n) is 2.73. The lowest BCUT2D eigenvalue weighted by Crippen LogP contribution is -2.45. The number of piperazine rings is 1. The van der Waals surface area contributed by atoms with E-state index in [0.717, 1.165) is 43.7 Å². The van der Waals surface area contributed by atoms with Crippen LogP contribution in [0.25, 0.3) is 0 Å². The van der Waals surface area contributed by atoms with Gasteiger partial charge >= 0.3 is 0 Å². The molecule has 1 aliphatic heterocycles. The monoisotopic (exact) mass is 335 g/mol. The maximum absolute atomic E-state index is 11.0. The summed E-state index contributed by atoms with van der Waals surface area (Å²) in [4.78, 5) is 13.2. The van der Waals surface area contributed by atoms with Gasteiger partial charge in [-0.05, 0) is 18.9 Å². The van der Waals surface area contributed by atoms with Crippen molar-refractivity contribution in [2.45, 2.75) is 26.3 Å². The van der Waals surface area contributed by atoms with E-state index in [9.17, 15) is 10.1 Å². The number of nitrogens with zero attached hydrogens (tertiary/aromatic N) is 2. The van der Waals surface area contributed by atoms with Crippen molar-refractivity contribution in [2.75, 3.05) is 26.2 Å². The summed E-state index contributed by atoms with van der Waals surface area (Å²) in [5, 5.41) is 14.4. The van der Waals surface area contributed by atoms with Crippen LogP contribution in [0.3, 0.4) is 0 Å². The van der Waals surface area contributed by atoms with Crippen molar-refractivity contribution in [1.29, 1.82) is 0 Å². The van der Waals surface area contributed by atoms with E-state index in [0.29, 0.717) is 0 Å². The fourth-order valence-corrected chi connectivity index (χ4v) is 2.73. The molecule has 1 aliphatic rings. The summed E-state index contributed by atoms with van der Waals surface area (Å²) in [6.07, 6.45) is 0.972. The maximum atomic E-state index is 11.0. The van der Waals surface area contributed by atoms with Crippen LogP contribution in [0.15, 0.2) is 18.2 Å². The minimum Gasteiger partial charge on any atom is -0.314 e. The lowest BCUT2D eigenvalue weighted by molar-refractivity contribution is -0.385. The van der Waals surface area contributed by atoms with Crippen LogP contribution in [-0.4, -0.2) is 36.0 Å². The Labute approximate surface area is 138 Å². The molecule has 1 aromatic rings. The molecule has 1 aromatic carbocycles. The van der Waals surface area contributed by atoms with Gasteiger partial charge < -0.3 is 5.32 Å². The second-order valence-electron chi connectivity index (χ2n) is 5.01. The van der Waals surface area contributed by atoms with Crippen molar-refractivity contribution >= 4 is 30.5 Å². The van der Waals surface area contributed by atoms with Gasteiger partial charge in [-0.2, -0.15) is 0 Å². The van der Waals surface area contributed by atoms with E-state index in [-0.39, 0.29) is 41.5 Å². The number of aryl methyl sites for hydroxylation is 1. The molecule has 0 aromatic heterocycles. The number of benzene rings is 1. The standard InChI is InChI=1S/C14H21N3O2.2ClH/c1-3-13(16-8-6-15-7-9-16)12-5-4-11(2)14(10-12)17(18)19;;/h4-5,10,13,15H,3,6-9H2,1-2H3;2*1H/t13-;;/m0../s1. The topological polar surface area (TPSA) is 58.4 Å². The molecule has 2 rings (SSSR count). The number of hydrogen-bond acceptors (Lipinski definition) is 4. The summed E-state index contributed by atoms with van der Waals surface area (Å²) in [5.74, 6) is 0. The third-order valence-corrected chi connectivity index (χ3v) is 3.79. The zero-order chi connectivity index (χ0) is 13.8. The molecule has 1 fully saturated rings. The van der Waals surface area contributed by atoms with E-state index in [1.54, 1.807) is 13.0 Å². The number of nitrogens with one attached hydrogen (secondary N) is 1. The summed E-state index contributed by atoms with van der Waals surface area (Å²) in [6, 6.07) is 5.91. The minimum absolute atomic E-state index is 0. The Morgan fingerprint density at radius 2 is 1.95 bits per heavy atom. The summed E-state index contributed by atoms with van der Waals surface area (Å²) in [6.45, 7) is 7.90. The number of rotatable bonds is 4. The Balaban J connectivity index is 0.00000200. The highest BCUT2D eigenvalue weighted by Gasteiger charge is 2.22. The predicted molar refractivity (Wildman–Crippen MR) is 89.8 cm³/mol. The zero-order valence-corrected chi connectivity index (χ0v) is 14.0. The van der Waals surface area contributed by atoms with Crippen molar-refractivity contribution in [2.24, 2.45) is 0 Å². The Bertz CT molecular complexity index is 466. The molecule has 1 N–H and O–H groups in total. The second kappa shape index (κ2) is 9.20. The molecule has 0 amide bonds. The molecule has 1 heterocycles. The van der Waals surface area contributed by atoms with E-state index in [1.807, 2.05) is 12.1 Å². The van der Waals surface area contributed by atoms with Crippen LogP contribution in [-0.2, 0) is 0 Å². The normalized spacial score (nSPS) is 16.5. The Morgan fingerprint density at radius 3 is 2.48 bits per heavy atom. The highest BCUT2D eigenvalue weighted by Crippen LogP contribution is 2.29. The van der Waals surface area contributed by atoms with Crippen molar-refractivity contribution in [3.63, 3.8) is 0 Å². The van der Waals surface area contributed by atoms with Crippen LogP contribution in [0.4, 0.5) is 5.69 Å². The molecule has 0 spiro atoms. The molecule has 0 aliphatic carbocycles. The van der Waals surface area contributed by atoms with Crippen LogP contribution in [0, 0.1) is 17.0 Å². The Kier molecular flexibility index (Phi) is 8.82. The number of nitro groups is 1. The summed E-state index contributed by atoms with van der Waals surface area (Å²) in [5.41, 5.74) is 2.01. The van der Waals surface area contributed by atoms with Crippen molar-refractivity contribution in [3.8, 4) is 0 Å². The molecule has 5 nitrogen and oxygen atoms in total. The van der Waals surface area contributed by atoms with Gasteiger partial charge in [0, 0.05) is 43.9 Å². The molecular formula is C14H23Cl2N3O2. The second-order valence-corrected chi connectivity index (χ2v) is 5.01. The summed E-state index contributed by atoms with van der Waals surface area (Å²) < 4.78 is 0. The molecule has 1 atom stereocenters. The third-order valence-electron chi connectivity index (χ3n) is 3.79. The van der Waals surface area contributed by atoms with Gasteiger partial charge in [0.15, 0.2) is 0 Å². The average molecular weight is 336 g/mol. The molecule has 0 radical (unpaired) electrons. The minimum atomic E-state index is -0.288. The van der Waals surface area contributed by atoms with Gasteiger partial charge in [0.25, 0.3) is 5.69 Å². The van der Waals surface area contributed by atoms with Crippen LogP contribution >= 0.6 is 24.8 Å². The van der Waals surface area contributed by atoms with Gasteiger partial charge in [-0.1, -0.05) is 19.1 Å². The number of halogens is 2. The largest absolute Gasteiger partial charge is 0.314 e. The van der Waals surface area contributed by atoms with E-state index in [4.69, 9.17) is 0 Å². The first-order chi connectivity index (χ1) is 9.13. The third kappa shape index (κ3) is 4.81. The van der Waals surface area contributed by atoms with Gasteiger partial charge in [0.1, 0.15) is 0 Å². The van der Waals surface area contributed by atoms with Crippen LogP contribution in [0.2, 0.25) is 0 Å². The average Bonchev–Trinajstić information content (AvgIpc) is 2.42. The quantitative estimate of drug-likeness (QED) is 0.678. The lowest BCUT2D eigenvalue weighted by Gasteiger charge is -2.34. The molecule has 21 heavy (non-hydrogen) atoms. The smallest absolute Gasteiger partial charge is 0.272 e. The molecule has 0 saturated carbocycles.